The van der Waals surface area contributed by atoms with Crippen LogP contribution in [0.5, 0.6) is 0 Å². The molecule has 0 bridgehead atoms. The molecule has 14 heavy (non-hydrogen) atoms. The van der Waals surface area contributed by atoms with E-state index in [1.807, 2.05) is 40.8 Å². The van der Waals surface area contributed by atoms with Gasteiger partial charge in [0, 0.05) is 0 Å². The third-order valence-electron chi connectivity index (χ3n) is 1.84. The summed E-state index contributed by atoms with van der Waals surface area (Å²) in [7, 11) is 1.31. The number of alkyl halides is 1. The van der Waals surface area contributed by atoms with Crippen LogP contribution in [0, 0.1) is 0 Å². The van der Waals surface area contributed by atoms with Crippen molar-refractivity contribution >= 4 is 28.6 Å². The molecule has 0 heterocycles. The summed E-state index contributed by atoms with van der Waals surface area (Å²) in [5.41, 5.74) is 0.720. The second kappa shape index (κ2) is 5.31. The number of carbonyl (C=O) groups excluding carboxylic acids is 1. The number of ether oxygens (including phenoxy) is 1. The number of hydrogen-bond acceptors (Lipinski definition) is 3. The van der Waals surface area contributed by atoms with Crippen LogP contribution in [-0.4, -0.2) is 22.1 Å². The summed E-state index contributed by atoms with van der Waals surface area (Å²) in [6.45, 7) is 0. The summed E-state index contributed by atoms with van der Waals surface area (Å²) in [4.78, 5) is 11.1. The van der Waals surface area contributed by atoms with Crippen molar-refractivity contribution in [2.75, 3.05) is 7.11 Å². The van der Waals surface area contributed by atoms with Crippen LogP contribution in [0.3, 0.4) is 0 Å². The van der Waals surface area contributed by atoms with Crippen molar-refractivity contribution in [3.8, 4) is 0 Å². The normalized spacial score (nSPS) is 14.5. The van der Waals surface area contributed by atoms with Gasteiger partial charge in [-0.25, -0.2) is 0 Å². The average molecular weight is 306 g/mol. The zero-order valence-electron chi connectivity index (χ0n) is 7.68. The Morgan fingerprint density at radius 1 is 1.43 bits per heavy atom. The molecule has 2 atom stereocenters. The Morgan fingerprint density at radius 3 is 2.50 bits per heavy atom. The van der Waals surface area contributed by atoms with Crippen molar-refractivity contribution in [3.63, 3.8) is 0 Å². The molecule has 0 saturated carbocycles. The summed E-state index contributed by atoms with van der Waals surface area (Å²) >= 11 is 1.87. The minimum absolute atomic E-state index is 0.415. The number of benzene rings is 1. The maximum absolute atomic E-state index is 11.1. The highest BCUT2D eigenvalue weighted by Crippen LogP contribution is 2.23. The molecule has 0 aliphatic heterocycles. The number of carbonyl (C=O) groups is 1. The number of methoxy groups -OCH3 is 1. The van der Waals surface area contributed by atoms with E-state index in [1.165, 1.54) is 7.11 Å². The van der Waals surface area contributed by atoms with E-state index >= 15 is 0 Å². The van der Waals surface area contributed by atoms with E-state index in [0.29, 0.717) is 0 Å². The van der Waals surface area contributed by atoms with Crippen LogP contribution in [0.4, 0.5) is 0 Å². The predicted octanol–water partition coefficient (Wildman–Crippen LogP) is 1.70. The van der Waals surface area contributed by atoms with Gasteiger partial charge in [-0.1, -0.05) is 52.9 Å². The lowest BCUT2D eigenvalue weighted by molar-refractivity contribution is -0.141. The van der Waals surface area contributed by atoms with Crippen LogP contribution < -0.4 is 0 Å². The zero-order valence-corrected chi connectivity index (χ0v) is 9.84. The van der Waals surface area contributed by atoms with Crippen molar-refractivity contribution in [3.05, 3.63) is 35.9 Å². The zero-order chi connectivity index (χ0) is 10.6. The van der Waals surface area contributed by atoms with Gasteiger partial charge in [0.1, 0.15) is 10.0 Å². The number of hydrogen-bond donors (Lipinski definition) is 1. The van der Waals surface area contributed by atoms with E-state index in [2.05, 4.69) is 4.74 Å². The molecule has 0 unspecified atom stereocenters. The van der Waals surface area contributed by atoms with Gasteiger partial charge in [0.25, 0.3) is 0 Å². The number of esters is 1. The fourth-order valence-corrected chi connectivity index (χ4v) is 1.73. The summed E-state index contributed by atoms with van der Waals surface area (Å²) < 4.78 is 3.98. The Bertz CT molecular complexity index is 299. The van der Waals surface area contributed by atoms with Crippen molar-refractivity contribution in [1.29, 1.82) is 0 Å². The van der Waals surface area contributed by atoms with Crippen molar-refractivity contribution in [2.45, 2.75) is 10.0 Å². The van der Waals surface area contributed by atoms with E-state index in [0.717, 1.165) is 5.56 Å². The molecule has 0 radical (unpaired) electrons. The summed E-state index contributed by atoms with van der Waals surface area (Å²) in [5.74, 6) is -0.415. The molecule has 76 valence electrons. The minimum atomic E-state index is -0.816. The first kappa shape index (κ1) is 11.5. The smallest absolute Gasteiger partial charge is 0.321 e. The lowest BCUT2D eigenvalue weighted by Gasteiger charge is -2.15. The number of rotatable bonds is 3. The van der Waals surface area contributed by atoms with Crippen LogP contribution in [0.2, 0.25) is 0 Å². The standard InChI is InChI=1S/C10H11IO3/c1-14-10(13)8(11)9(12)7-5-3-2-4-6-7/h2-6,8-9,12H,1H3/t8-,9-/m1/s1. The largest absolute Gasteiger partial charge is 0.468 e. The van der Waals surface area contributed by atoms with E-state index < -0.39 is 16.0 Å². The Balaban J connectivity index is 2.75. The quantitative estimate of drug-likeness (QED) is 0.525. The second-order valence-corrected chi connectivity index (χ2v) is 4.12. The highest BCUT2D eigenvalue weighted by atomic mass is 127. The van der Waals surface area contributed by atoms with Gasteiger partial charge in [0.15, 0.2) is 0 Å². The van der Waals surface area contributed by atoms with Gasteiger partial charge >= 0.3 is 5.97 Å². The Labute approximate surface area is 96.2 Å². The molecular formula is C10H11IO3. The first-order valence-electron chi connectivity index (χ1n) is 4.11. The number of aliphatic hydroxyl groups is 1. The van der Waals surface area contributed by atoms with E-state index in [1.54, 1.807) is 12.1 Å². The van der Waals surface area contributed by atoms with E-state index in [9.17, 15) is 9.90 Å². The van der Waals surface area contributed by atoms with Crippen molar-refractivity contribution < 1.29 is 14.6 Å². The van der Waals surface area contributed by atoms with Gasteiger partial charge in [-0.3, -0.25) is 4.79 Å². The second-order valence-electron chi connectivity index (χ2n) is 2.78. The first-order chi connectivity index (χ1) is 6.66. The molecule has 4 heteroatoms. The van der Waals surface area contributed by atoms with Gasteiger partial charge in [-0.05, 0) is 5.56 Å². The molecule has 0 fully saturated rings. The molecule has 0 amide bonds. The lowest BCUT2D eigenvalue weighted by Crippen LogP contribution is -2.23. The lowest BCUT2D eigenvalue weighted by atomic mass is 10.1. The highest BCUT2D eigenvalue weighted by Gasteiger charge is 2.25. The molecule has 1 rings (SSSR count). The van der Waals surface area contributed by atoms with Gasteiger partial charge in [0.05, 0.1) is 7.11 Å². The van der Waals surface area contributed by atoms with Crippen LogP contribution in [0.1, 0.15) is 11.7 Å². The molecule has 0 aromatic heterocycles. The fourth-order valence-electron chi connectivity index (χ4n) is 1.06. The minimum Gasteiger partial charge on any atom is -0.468 e. The first-order valence-corrected chi connectivity index (χ1v) is 5.36. The summed E-state index contributed by atoms with van der Waals surface area (Å²) in [5, 5.41) is 9.78. The molecular weight excluding hydrogens is 295 g/mol. The Morgan fingerprint density at radius 2 is 2.00 bits per heavy atom. The van der Waals surface area contributed by atoms with Crippen LogP contribution in [0.25, 0.3) is 0 Å². The van der Waals surface area contributed by atoms with Crippen LogP contribution >= 0.6 is 22.6 Å². The van der Waals surface area contributed by atoms with Gasteiger partial charge in [0.2, 0.25) is 0 Å². The van der Waals surface area contributed by atoms with Crippen molar-refractivity contribution in [1.82, 2.24) is 0 Å². The summed E-state index contributed by atoms with van der Waals surface area (Å²) in [6, 6.07) is 9.05. The maximum atomic E-state index is 11.1. The number of halogens is 1. The molecule has 0 aliphatic rings. The van der Waals surface area contributed by atoms with Gasteiger partial charge in [-0.2, -0.15) is 0 Å². The molecule has 1 aromatic rings. The third-order valence-corrected chi connectivity index (χ3v) is 3.03. The van der Waals surface area contributed by atoms with E-state index in [-0.39, 0.29) is 0 Å². The molecule has 3 nitrogen and oxygen atoms in total. The molecule has 1 aromatic carbocycles. The molecule has 0 spiro atoms. The topological polar surface area (TPSA) is 46.5 Å². The maximum Gasteiger partial charge on any atom is 0.321 e. The third kappa shape index (κ3) is 2.68. The Hall–Kier alpha value is -0.620. The fraction of sp³-hybridized carbons (Fsp3) is 0.300. The summed E-state index contributed by atoms with van der Waals surface area (Å²) in [6.07, 6.45) is -0.816. The molecule has 1 N–H and O–H groups in total. The van der Waals surface area contributed by atoms with Crippen LogP contribution in [0.15, 0.2) is 30.3 Å². The average Bonchev–Trinajstić information content (AvgIpc) is 2.27. The number of aliphatic hydroxyl groups excluding tert-OH is 1. The van der Waals surface area contributed by atoms with Gasteiger partial charge in [-0.15, -0.1) is 0 Å². The Kier molecular flexibility index (Phi) is 4.34. The van der Waals surface area contributed by atoms with E-state index in [4.69, 9.17) is 0 Å². The van der Waals surface area contributed by atoms with Crippen LogP contribution in [-0.2, 0) is 9.53 Å². The molecule has 0 saturated heterocycles. The molecule has 0 aliphatic carbocycles. The van der Waals surface area contributed by atoms with Gasteiger partial charge < -0.3 is 9.84 Å². The monoisotopic (exact) mass is 306 g/mol. The SMILES string of the molecule is COC(=O)[C@H](I)[C@H](O)c1ccccc1. The van der Waals surface area contributed by atoms with Crippen molar-refractivity contribution in [2.24, 2.45) is 0 Å². The predicted molar refractivity (Wildman–Crippen MR) is 61.2 cm³/mol. The highest BCUT2D eigenvalue weighted by molar-refractivity contribution is 14.1.